The van der Waals surface area contributed by atoms with Gasteiger partial charge in [-0.1, -0.05) is 32.0 Å². The van der Waals surface area contributed by atoms with Gasteiger partial charge in [-0.15, -0.1) is 0 Å². The molecule has 106 valence electrons. The molecule has 0 spiro atoms. The molecule has 1 aliphatic heterocycles. The van der Waals surface area contributed by atoms with Crippen molar-refractivity contribution in [3.05, 3.63) is 29.8 Å². The Labute approximate surface area is 117 Å². The monoisotopic (exact) mass is 261 g/mol. The maximum Gasteiger partial charge on any atom is 0.0402 e. The third-order valence-electron chi connectivity index (χ3n) is 4.18. The second-order valence-electron chi connectivity index (χ2n) is 5.87. The maximum atomic E-state index is 5.74. The molecule has 0 bridgehead atoms. The van der Waals surface area contributed by atoms with Gasteiger partial charge in [-0.25, -0.2) is 0 Å². The van der Waals surface area contributed by atoms with E-state index in [1.807, 2.05) is 0 Å². The Morgan fingerprint density at radius 2 is 2.00 bits per heavy atom. The number of rotatable bonds is 4. The molecule has 1 fully saturated rings. The molecular formula is C16H27N3. The van der Waals surface area contributed by atoms with Crippen molar-refractivity contribution in [1.82, 2.24) is 4.90 Å². The Balaban J connectivity index is 2.18. The first-order valence-corrected chi connectivity index (χ1v) is 7.37. The van der Waals surface area contributed by atoms with E-state index in [1.54, 1.807) is 0 Å². The van der Waals surface area contributed by atoms with E-state index in [-0.39, 0.29) is 0 Å². The molecule has 3 nitrogen and oxygen atoms in total. The lowest BCUT2D eigenvalue weighted by atomic mass is 9.99. The number of hydrogen-bond donors (Lipinski definition) is 1. The SMILES string of the molecule is CC(C)c1ccccc1N1CCN(C)C(CCN)C1. The van der Waals surface area contributed by atoms with E-state index in [0.29, 0.717) is 12.0 Å². The molecule has 0 radical (unpaired) electrons. The van der Waals surface area contributed by atoms with Crippen molar-refractivity contribution in [2.24, 2.45) is 5.73 Å². The summed E-state index contributed by atoms with van der Waals surface area (Å²) in [4.78, 5) is 4.98. The van der Waals surface area contributed by atoms with Crippen molar-refractivity contribution < 1.29 is 0 Å². The van der Waals surface area contributed by atoms with E-state index >= 15 is 0 Å². The average molecular weight is 261 g/mol. The number of likely N-dealkylation sites (N-methyl/N-ethyl adjacent to an activating group) is 1. The van der Waals surface area contributed by atoms with Crippen molar-refractivity contribution >= 4 is 5.69 Å². The summed E-state index contributed by atoms with van der Waals surface area (Å²) in [5.74, 6) is 0.573. The van der Waals surface area contributed by atoms with Gasteiger partial charge in [-0.05, 0) is 37.6 Å². The lowest BCUT2D eigenvalue weighted by molar-refractivity contribution is 0.210. The normalized spacial score (nSPS) is 21.1. The summed E-state index contributed by atoms with van der Waals surface area (Å²) in [6.45, 7) is 8.64. The summed E-state index contributed by atoms with van der Waals surface area (Å²) in [7, 11) is 2.21. The largest absolute Gasteiger partial charge is 0.368 e. The van der Waals surface area contributed by atoms with Crippen molar-refractivity contribution in [2.75, 3.05) is 38.1 Å². The quantitative estimate of drug-likeness (QED) is 0.902. The Hall–Kier alpha value is -1.06. The number of nitrogens with zero attached hydrogens (tertiary/aromatic N) is 2. The highest BCUT2D eigenvalue weighted by molar-refractivity contribution is 5.55. The third-order valence-corrected chi connectivity index (χ3v) is 4.18. The van der Waals surface area contributed by atoms with E-state index in [1.165, 1.54) is 11.3 Å². The summed E-state index contributed by atoms with van der Waals surface area (Å²) in [5.41, 5.74) is 8.61. The Morgan fingerprint density at radius 3 is 2.68 bits per heavy atom. The molecule has 1 heterocycles. The van der Waals surface area contributed by atoms with Crippen molar-refractivity contribution in [3.8, 4) is 0 Å². The smallest absolute Gasteiger partial charge is 0.0402 e. The minimum Gasteiger partial charge on any atom is -0.368 e. The van der Waals surface area contributed by atoms with Crippen LogP contribution >= 0.6 is 0 Å². The fourth-order valence-corrected chi connectivity index (χ4v) is 2.93. The lowest BCUT2D eigenvalue weighted by Crippen LogP contribution is -2.52. The van der Waals surface area contributed by atoms with Gasteiger partial charge in [0.1, 0.15) is 0 Å². The summed E-state index contributed by atoms with van der Waals surface area (Å²) in [6, 6.07) is 9.40. The molecule has 3 heteroatoms. The first kappa shape index (κ1) is 14.4. The van der Waals surface area contributed by atoms with Gasteiger partial charge in [-0.3, -0.25) is 4.90 Å². The van der Waals surface area contributed by atoms with Crippen LogP contribution in [0.2, 0.25) is 0 Å². The van der Waals surface area contributed by atoms with Crippen LogP contribution in [0, 0.1) is 0 Å². The molecule has 1 aromatic rings. The minimum absolute atomic E-state index is 0.573. The molecule has 2 rings (SSSR count). The lowest BCUT2D eigenvalue weighted by Gasteiger charge is -2.41. The van der Waals surface area contributed by atoms with Gasteiger partial charge in [-0.2, -0.15) is 0 Å². The molecule has 1 atom stereocenters. The van der Waals surface area contributed by atoms with Gasteiger partial charge in [0.05, 0.1) is 0 Å². The van der Waals surface area contributed by atoms with Gasteiger partial charge in [0.2, 0.25) is 0 Å². The number of nitrogens with two attached hydrogens (primary N) is 1. The van der Waals surface area contributed by atoms with Crippen LogP contribution in [0.25, 0.3) is 0 Å². The maximum absolute atomic E-state index is 5.74. The van der Waals surface area contributed by atoms with Crippen molar-refractivity contribution in [1.29, 1.82) is 0 Å². The molecule has 1 aliphatic rings. The van der Waals surface area contributed by atoms with Crippen LogP contribution in [0.1, 0.15) is 31.7 Å². The highest BCUT2D eigenvalue weighted by Crippen LogP contribution is 2.29. The van der Waals surface area contributed by atoms with Crippen LogP contribution < -0.4 is 10.6 Å². The van der Waals surface area contributed by atoms with E-state index in [2.05, 4.69) is 55.0 Å². The standard InChI is InChI=1S/C16H27N3/c1-13(2)15-6-4-5-7-16(15)19-11-10-18(3)14(12-19)8-9-17/h4-7,13-14H,8-12,17H2,1-3H3. The van der Waals surface area contributed by atoms with E-state index < -0.39 is 0 Å². The second-order valence-corrected chi connectivity index (χ2v) is 5.87. The van der Waals surface area contributed by atoms with Crippen LogP contribution in [0.3, 0.4) is 0 Å². The zero-order valence-corrected chi connectivity index (χ0v) is 12.5. The van der Waals surface area contributed by atoms with Gasteiger partial charge in [0.15, 0.2) is 0 Å². The fourth-order valence-electron chi connectivity index (χ4n) is 2.93. The van der Waals surface area contributed by atoms with Crippen LogP contribution in [0.4, 0.5) is 5.69 Å². The first-order valence-electron chi connectivity index (χ1n) is 7.37. The molecule has 19 heavy (non-hydrogen) atoms. The summed E-state index contributed by atoms with van der Waals surface area (Å²) < 4.78 is 0. The van der Waals surface area contributed by atoms with Crippen molar-refractivity contribution in [2.45, 2.75) is 32.2 Å². The number of hydrogen-bond acceptors (Lipinski definition) is 3. The Kier molecular flexibility index (Phi) is 4.83. The van der Waals surface area contributed by atoms with Gasteiger partial charge in [0, 0.05) is 31.4 Å². The van der Waals surface area contributed by atoms with Crippen LogP contribution in [0.5, 0.6) is 0 Å². The van der Waals surface area contributed by atoms with E-state index in [4.69, 9.17) is 5.73 Å². The minimum atomic E-state index is 0.573. The number of anilines is 1. The zero-order chi connectivity index (χ0) is 13.8. The molecule has 1 unspecified atom stereocenters. The van der Waals surface area contributed by atoms with Crippen LogP contribution in [-0.4, -0.2) is 44.2 Å². The van der Waals surface area contributed by atoms with Gasteiger partial charge in [0.25, 0.3) is 0 Å². The number of piperazine rings is 1. The summed E-state index contributed by atoms with van der Waals surface area (Å²) in [5, 5.41) is 0. The summed E-state index contributed by atoms with van der Waals surface area (Å²) >= 11 is 0. The molecule has 2 N–H and O–H groups in total. The van der Waals surface area contributed by atoms with Gasteiger partial charge >= 0.3 is 0 Å². The summed E-state index contributed by atoms with van der Waals surface area (Å²) in [6.07, 6.45) is 1.08. The second kappa shape index (κ2) is 6.40. The molecule has 1 aromatic carbocycles. The Bertz CT molecular complexity index is 403. The predicted molar refractivity (Wildman–Crippen MR) is 82.8 cm³/mol. The molecule has 1 saturated heterocycles. The molecule has 0 aromatic heterocycles. The predicted octanol–water partition coefficient (Wildman–Crippen LogP) is 2.28. The number of benzene rings is 1. The van der Waals surface area contributed by atoms with Gasteiger partial charge < -0.3 is 10.6 Å². The first-order chi connectivity index (χ1) is 9.13. The fraction of sp³-hybridized carbons (Fsp3) is 0.625. The molecule has 0 amide bonds. The Morgan fingerprint density at radius 1 is 1.26 bits per heavy atom. The average Bonchev–Trinajstić information content (AvgIpc) is 2.41. The van der Waals surface area contributed by atoms with Crippen LogP contribution in [-0.2, 0) is 0 Å². The molecule has 0 aliphatic carbocycles. The topological polar surface area (TPSA) is 32.5 Å². The van der Waals surface area contributed by atoms with E-state index in [9.17, 15) is 0 Å². The highest BCUT2D eigenvalue weighted by Gasteiger charge is 2.25. The highest BCUT2D eigenvalue weighted by atomic mass is 15.3. The number of para-hydroxylation sites is 1. The van der Waals surface area contributed by atoms with E-state index in [0.717, 1.165) is 32.6 Å². The third kappa shape index (κ3) is 3.28. The molecular weight excluding hydrogens is 234 g/mol. The van der Waals surface area contributed by atoms with Crippen molar-refractivity contribution in [3.63, 3.8) is 0 Å². The molecule has 0 saturated carbocycles. The zero-order valence-electron chi connectivity index (χ0n) is 12.5. The van der Waals surface area contributed by atoms with Crippen LogP contribution in [0.15, 0.2) is 24.3 Å².